The van der Waals surface area contributed by atoms with E-state index in [4.69, 9.17) is 4.42 Å². The molecule has 0 unspecified atom stereocenters. The fourth-order valence-corrected chi connectivity index (χ4v) is 4.13. The maximum Gasteiger partial charge on any atom is 0.248 e. The highest BCUT2D eigenvalue weighted by molar-refractivity contribution is 7.08. The fourth-order valence-electron chi connectivity index (χ4n) is 3.50. The van der Waals surface area contributed by atoms with Crippen molar-refractivity contribution in [2.45, 2.75) is 26.7 Å². The molecule has 0 spiro atoms. The average Bonchev–Trinajstić information content (AvgIpc) is 3.40. The first-order chi connectivity index (χ1) is 13.6. The SMILES string of the molecule is Cc1cccc(N2CCN(C(=O)CCc3nnc(-c4ccsc4)o3)CC2)c1C. The maximum absolute atomic E-state index is 12.6. The van der Waals surface area contributed by atoms with Crippen molar-refractivity contribution in [1.82, 2.24) is 15.1 Å². The smallest absolute Gasteiger partial charge is 0.248 e. The molecule has 0 atom stereocenters. The number of carbonyl (C=O) groups is 1. The second kappa shape index (κ2) is 8.14. The van der Waals surface area contributed by atoms with E-state index >= 15 is 0 Å². The van der Waals surface area contributed by atoms with Crippen LogP contribution in [0.3, 0.4) is 0 Å². The van der Waals surface area contributed by atoms with Gasteiger partial charge in [-0.2, -0.15) is 11.3 Å². The van der Waals surface area contributed by atoms with Crippen molar-refractivity contribution in [3.05, 3.63) is 52.0 Å². The van der Waals surface area contributed by atoms with Crippen LogP contribution in [0.25, 0.3) is 11.5 Å². The van der Waals surface area contributed by atoms with Crippen molar-refractivity contribution in [3.8, 4) is 11.5 Å². The van der Waals surface area contributed by atoms with Gasteiger partial charge in [0.2, 0.25) is 17.7 Å². The van der Waals surface area contributed by atoms with Gasteiger partial charge >= 0.3 is 0 Å². The molecule has 4 rings (SSSR count). The van der Waals surface area contributed by atoms with Crippen LogP contribution in [-0.4, -0.2) is 47.2 Å². The van der Waals surface area contributed by atoms with E-state index in [1.54, 1.807) is 11.3 Å². The summed E-state index contributed by atoms with van der Waals surface area (Å²) < 4.78 is 5.67. The van der Waals surface area contributed by atoms with Crippen LogP contribution in [-0.2, 0) is 11.2 Å². The molecule has 0 N–H and O–H groups in total. The number of piperazine rings is 1. The third kappa shape index (κ3) is 3.94. The Kier molecular flexibility index (Phi) is 5.43. The van der Waals surface area contributed by atoms with Gasteiger partial charge in [0.25, 0.3) is 0 Å². The number of aryl methyl sites for hydroxylation is 2. The molecule has 0 bridgehead atoms. The lowest BCUT2D eigenvalue weighted by molar-refractivity contribution is -0.131. The molecule has 1 amide bonds. The van der Waals surface area contributed by atoms with Crippen LogP contribution in [0, 0.1) is 13.8 Å². The molecule has 1 aliphatic heterocycles. The minimum Gasteiger partial charge on any atom is -0.421 e. The summed E-state index contributed by atoms with van der Waals surface area (Å²) in [7, 11) is 0. The van der Waals surface area contributed by atoms with E-state index in [1.165, 1.54) is 16.8 Å². The van der Waals surface area contributed by atoms with Gasteiger partial charge in [-0.15, -0.1) is 10.2 Å². The molecule has 1 fully saturated rings. The normalized spacial score (nSPS) is 14.5. The summed E-state index contributed by atoms with van der Waals surface area (Å²) >= 11 is 1.59. The Morgan fingerprint density at radius 3 is 2.71 bits per heavy atom. The van der Waals surface area contributed by atoms with Crippen molar-refractivity contribution in [2.75, 3.05) is 31.1 Å². The molecule has 0 aliphatic carbocycles. The minimum atomic E-state index is 0.149. The number of anilines is 1. The monoisotopic (exact) mass is 396 g/mol. The molecule has 2 aromatic heterocycles. The molecule has 146 valence electrons. The van der Waals surface area contributed by atoms with Crippen molar-refractivity contribution in [3.63, 3.8) is 0 Å². The molecule has 7 heteroatoms. The first-order valence-corrected chi connectivity index (χ1v) is 10.5. The van der Waals surface area contributed by atoms with E-state index in [2.05, 4.69) is 47.1 Å². The highest BCUT2D eigenvalue weighted by atomic mass is 32.1. The first kappa shape index (κ1) is 18.7. The van der Waals surface area contributed by atoms with Gasteiger partial charge in [-0.1, -0.05) is 12.1 Å². The minimum absolute atomic E-state index is 0.149. The molecule has 0 radical (unpaired) electrons. The van der Waals surface area contributed by atoms with Crippen molar-refractivity contribution >= 4 is 22.9 Å². The summed E-state index contributed by atoms with van der Waals surface area (Å²) in [5, 5.41) is 12.1. The summed E-state index contributed by atoms with van der Waals surface area (Å²) in [6.45, 7) is 7.51. The third-order valence-corrected chi connectivity index (χ3v) is 6.02. The second-order valence-corrected chi connectivity index (χ2v) is 7.88. The topological polar surface area (TPSA) is 62.5 Å². The largest absolute Gasteiger partial charge is 0.421 e. The van der Waals surface area contributed by atoms with Gasteiger partial charge in [0.15, 0.2) is 0 Å². The maximum atomic E-state index is 12.6. The summed E-state index contributed by atoms with van der Waals surface area (Å²) in [5.74, 6) is 1.19. The molecular formula is C21H24N4O2S. The molecular weight excluding hydrogens is 372 g/mol. The first-order valence-electron chi connectivity index (χ1n) is 9.55. The number of benzene rings is 1. The molecule has 28 heavy (non-hydrogen) atoms. The van der Waals surface area contributed by atoms with Crippen molar-refractivity contribution < 1.29 is 9.21 Å². The Balaban J connectivity index is 1.29. The number of hydrogen-bond acceptors (Lipinski definition) is 6. The standard InChI is InChI=1S/C21H24N4O2S/c1-15-4-3-5-18(16(15)2)24-9-11-25(12-10-24)20(26)7-6-19-22-23-21(27-19)17-8-13-28-14-17/h3-5,8,13-14H,6-7,9-12H2,1-2H3. The summed E-state index contributed by atoms with van der Waals surface area (Å²) in [4.78, 5) is 16.9. The number of amides is 1. The van der Waals surface area contributed by atoms with Crippen molar-refractivity contribution in [1.29, 1.82) is 0 Å². The molecule has 6 nitrogen and oxygen atoms in total. The number of thiophene rings is 1. The lowest BCUT2D eigenvalue weighted by atomic mass is 10.1. The Bertz CT molecular complexity index is 943. The molecule has 1 saturated heterocycles. The van der Waals surface area contributed by atoms with Gasteiger partial charge in [0.1, 0.15) is 0 Å². The molecule has 1 aliphatic rings. The Morgan fingerprint density at radius 2 is 1.96 bits per heavy atom. The van der Waals surface area contributed by atoms with E-state index in [9.17, 15) is 4.79 Å². The zero-order valence-corrected chi connectivity index (χ0v) is 17.0. The van der Waals surface area contributed by atoms with E-state index < -0.39 is 0 Å². The molecule has 3 aromatic rings. The highest BCUT2D eigenvalue weighted by Gasteiger charge is 2.22. The number of aromatic nitrogens is 2. The van der Waals surface area contributed by atoms with Crippen LogP contribution in [0.2, 0.25) is 0 Å². The van der Waals surface area contributed by atoms with Crippen LogP contribution in [0.5, 0.6) is 0 Å². The van der Waals surface area contributed by atoms with Gasteiger partial charge in [-0.25, -0.2) is 0 Å². The predicted molar refractivity (Wildman–Crippen MR) is 111 cm³/mol. The van der Waals surface area contributed by atoms with Gasteiger partial charge in [0, 0.05) is 55.7 Å². The average molecular weight is 397 g/mol. The zero-order chi connectivity index (χ0) is 19.5. The van der Waals surface area contributed by atoms with E-state index in [-0.39, 0.29) is 5.91 Å². The van der Waals surface area contributed by atoms with E-state index in [0.717, 1.165) is 31.7 Å². The highest BCUT2D eigenvalue weighted by Crippen LogP contribution is 2.24. The van der Waals surface area contributed by atoms with E-state index in [0.29, 0.717) is 24.6 Å². The predicted octanol–water partition coefficient (Wildman–Crippen LogP) is 3.70. The van der Waals surface area contributed by atoms with Crippen LogP contribution in [0.15, 0.2) is 39.4 Å². The van der Waals surface area contributed by atoms with E-state index in [1.807, 2.05) is 21.7 Å². The number of hydrogen-bond donors (Lipinski definition) is 0. The van der Waals surface area contributed by atoms with Gasteiger partial charge in [0.05, 0.1) is 0 Å². The summed E-state index contributed by atoms with van der Waals surface area (Å²) in [5.41, 5.74) is 4.83. The molecule has 0 saturated carbocycles. The number of carbonyl (C=O) groups excluding carboxylic acids is 1. The lowest BCUT2D eigenvalue weighted by Crippen LogP contribution is -2.49. The lowest BCUT2D eigenvalue weighted by Gasteiger charge is -2.37. The Labute approximate surface area is 168 Å². The van der Waals surface area contributed by atoms with Crippen molar-refractivity contribution in [2.24, 2.45) is 0 Å². The zero-order valence-electron chi connectivity index (χ0n) is 16.2. The quantitative estimate of drug-likeness (QED) is 0.658. The molecule has 3 heterocycles. The fraction of sp³-hybridized carbons (Fsp3) is 0.381. The third-order valence-electron chi connectivity index (χ3n) is 5.34. The van der Waals surface area contributed by atoms with Gasteiger partial charge in [-0.3, -0.25) is 4.79 Å². The Hall–Kier alpha value is -2.67. The van der Waals surface area contributed by atoms with Crippen LogP contribution in [0.1, 0.15) is 23.4 Å². The van der Waals surface area contributed by atoms with Crippen LogP contribution >= 0.6 is 11.3 Å². The number of rotatable bonds is 5. The number of nitrogens with zero attached hydrogens (tertiary/aromatic N) is 4. The van der Waals surface area contributed by atoms with Gasteiger partial charge < -0.3 is 14.2 Å². The molecule has 1 aromatic carbocycles. The van der Waals surface area contributed by atoms with Crippen LogP contribution in [0.4, 0.5) is 5.69 Å². The van der Waals surface area contributed by atoms with Gasteiger partial charge in [-0.05, 0) is 42.5 Å². The summed E-state index contributed by atoms with van der Waals surface area (Å²) in [6, 6.07) is 8.35. The summed E-state index contributed by atoms with van der Waals surface area (Å²) in [6.07, 6.45) is 0.877. The second-order valence-electron chi connectivity index (χ2n) is 7.10. The Morgan fingerprint density at radius 1 is 1.14 bits per heavy atom. The van der Waals surface area contributed by atoms with Crippen LogP contribution < -0.4 is 4.90 Å².